The zero-order valence-corrected chi connectivity index (χ0v) is 11.0. The summed E-state index contributed by atoms with van der Waals surface area (Å²) in [5.41, 5.74) is 5.66. The molecule has 0 aromatic heterocycles. The first-order valence-electron chi connectivity index (χ1n) is 5.98. The topological polar surface area (TPSA) is 84.2 Å². The Kier molecular flexibility index (Phi) is 5.44. The number of benzene rings is 1. The van der Waals surface area contributed by atoms with E-state index in [-0.39, 0.29) is 30.6 Å². The van der Waals surface area contributed by atoms with Crippen molar-refractivity contribution >= 4 is 11.8 Å². The predicted octanol–water partition coefficient (Wildman–Crippen LogP) is 0.539. The fourth-order valence-corrected chi connectivity index (χ4v) is 1.55. The number of nitrogens with two attached hydrogens (primary N) is 1. The summed E-state index contributed by atoms with van der Waals surface area (Å²) >= 11 is 0. The molecule has 5 nitrogen and oxygen atoms in total. The average Bonchev–Trinajstić information content (AvgIpc) is 2.30. The Hall–Kier alpha value is -1.95. The Morgan fingerprint density at radius 3 is 2.63 bits per heavy atom. The third kappa shape index (κ3) is 5.05. The van der Waals surface area contributed by atoms with Gasteiger partial charge in [-0.25, -0.2) is 4.39 Å². The molecular weight excluding hydrogens is 249 g/mol. The van der Waals surface area contributed by atoms with Gasteiger partial charge in [0, 0.05) is 23.7 Å². The number of hydrogen-bond acceptors (Lipinski definition) is 3. The first-order valence-corrected chi connectivity index (χ1v) is 5.98. The second-order valence-electron chi connectivity index (χ2n) is 4.50. The van der Waals surface area contributed by atoms with Crippen molar-refractivity contribution in [1.82, 2.24) is 10.6 Å². The highest BCUT2D eigenvalue weighted by molar-refractivity contribution is 5.92. The van der Waals surface area contributed by atoms with Gasteiger partial charge >= 0.3 is 0 Å². The van der Waals surface area contributed by atoms with Crippen molar-refractivity contribution in [2.75, 3.05) is 6.54 Å². The molecule has 0 saturated heterocycles. The van der Waals surface area contributed by atoms with Crippen LogP contribution >= 0.6 is 0 Å². The van der Waals surface area contributed by atoms with E-state index in [1.807, 2.05) is 13.8 Å². The van der Waals surface area contributed by atoms with Crippen LogP contribution in [0.1, 0.15) is 29.8 Å². The summed E-state index contributed by atoms with van der Waals surface area (Å²) in [6, 6.07) is 3.95. The van der Waals surface area contributed by atoms with Gasteiger partial charge in [-0.15, -0.1) is 0 Å². The molecule has 4 N–H and O–H groups in total. The molecule has 1 aromatic rings. The largest absolute Gasteiger partial charge is 0.366 e. The molecule has 0 fully saturated rings. The zero-order chi connectivity index (χ0) is 14.4. The highest BCUT2D eigenvalue weighted by Gasteiger charge is 2.08. The molecule has 0 saturated carbocycles. The van der Waals surface area contributed by atoms with Crippen LogP contribution in [0.25, 0.3) is 0 Å². The second-order valence-corrected chi connectivity index (χ2v) is 4.50. The summed E-state index contributed by atoms with van der Waals surface area (Å²) in [5.74, 6) is -1.22. The van der Waals surface area contributed by atoms with Gasteiger partial charge in [-0.3, -0.25) is 9.59 Å². The van der Waals surface area contributed by atoms with Crippen molar-refractivity contribution in [2.45, 2.75) is 26.4 Å². The molecule has 1 rings (SSSR count). The maximum absolute atomic E-state index is 13.5. The minimum absolute atomic E-state index is 0.0595. The number of carbonyl (C=O) groups is 2. The van der Waals surface area contributed by atoms with E-state index in [1.165, 1.54) is 18.2 Å². The van der Waals surface area contributed by atoms with E-state index >= 15 is 0 Å². The van der Waals surface area contributed by atoms with Gasteiger partial charge in [-0.1, -0.05) is 0 Å². The summed E-state index contributed by atoms with van der Waals surface area (Å²) in [5, 5.41) is 5.51. The molecule has 1 aromatic carbocycles. The normalized spacial score (nSPS) is 10.5. The molecule has 0 radical (unpaired) electrons. The number of nitrogens with one attached hydrogen (secondary N) is 2. The summed E-state index contributed by atoms with van der Waals surface area (Å²) < 4.78 is 13.5. The number of halogens is 1. The van der Waals surface area contributed by atoms with Crippen molar-refractivity contribution in [3.8, 4) is 0 Å². The lowest BCUT2D eigenvalue weighted by Gasteiger charge is -2.10. The molecule has 0 aliphatic heterocycles. The Labute approximate surface area is 111 Å². The quantitative estimate of drug-likeness (QED) is 0.703. The first-order chi connectivity index (χ1) is 8.90. The number of amides is 2. The van der Waals surface area contributed by atoms with Gasteiger partial charge < -0.3 is 16.4 Å². The van der Waals surface area contributed by atoms with Crippen molar-refractivity contribution in [3.05, 3.63) is 35.1 Å². The van der Waals surface area contributed by atoms with Crippen molar-refractivity contribution in [1.29, 1.82) is 0 Å². The van der Waals surface area contributed by atoms with E-state index in [9.17, 15) is 14.0 Å². The van der Waals surface area contributed by atoms with Gasteiger partial charge in [-0.2, -0.15) is 0 Å². The molecule has 6 heteroatoms. The average molecular weight is 267 g/mol. The van der Waals surface area contributed by atoms with E-state index in [0.717, 1.165) is 0 Å². The standard InChI is InChI=1S/C13H18FN3O2/c1-8(2)17-12(18)7-16-6-10-5-9(13(15)19)3-4-11(10)14/h3-5,8,16H,6-7H2,1-2H3,(H2,15,19)(H,17,18). The van der Waals surface area contributed by atoms with Gasteiger partial charge in [0.15, 0.2) is 0 Å². The molecule has 0 aliphatic rings. The molecule has 0 unspecified atom stereocenters. The Morgan fingerprint density at radius 1 is 1.37 bits per heavy atom. The van der Waals surface area contributed by atoms with E-state index in [0.29, 0.717) is 5.56 Å². The van der Waals surface area contributed by atoms with Gasteiger partial charge in [0.05, 0.1) is 6.54 Å². The van der Waals surface area contributed by atoms with E-state index in [4.69, 9.17) is 5.73 Å². The van der Waals surface area contributed by atoms with Gasteiger partial charge in [0.25, 0.3) is 0 Å². The van der Waals surface area contributed by atoms with Gasteiger partial charge in [-0.05, 0) is 32.0 Å². The van der Waals surface area contributed by atoms with Crippen LogP contribution in [0.3, 0.4) is 0 Å². The molecule has 2 amide bonds. The molecule has 0 bridgehead atoms. The molecule has 0 spiro atoms. The first kappa shape index (κ1) is 15.1. The fraction of sp³-hybridized carbons (Fsp3) is 0.385. The number of rotatable bonds is 6. The Balaban J connectivity index is 2.55. The summed E-state index contributed by atoms with van der Waals surface area (Å²) in [6.45, 7) is 3.94. The number of primary amides is 1. The van der Waals surface area contributed by atoms with Crippen molar-refractivity contribution < 1.29 is 14.0 Å². The van der Waals surface area contributed by atoms with Crippen molar-refractivity contribution in [3.63, 3.8) is 0 Å². The van der Waals surface area contributed by atoms with Gasteiger partial charge in [0.2, 0.25) is 11.8 Å². The third-order valence-electron chi connectivity index (χ3n) is 2.38. The van der Waals surface area contributed by atoms with Crippen molar-refractivity contribution in [2.24, 2.45) is 5.73 Å². The summed E-state index contributed by atoms with van der Waals surface area (Å²) in [7, 11) is 0. The molecule has 19 heavy (non-hydrogen) atoms. The Bertz CT molecular complexity index is 475. The maximum atomic E-state index is 13.5. The molecule has 0 aliphatic carbocycles. The highest BCUT2D eigenvalue weighted by Crippen LogP contribution is 2.10. The smallest absolute Gasteiger partial charge is 0.248 e. The van der Waals surface area contributed by atoms with Crippen LogP contribution in [0.2, 0.25) is 0 Å². The van der Waals surface area contributed by atoms with Crippen LogP contribution in [-0.4, -0.2) is 24.4 Å². The van der Waals surface area contributed by atoms with Crippen LogP contribution in [0, 0.1) is 5.82 Å². The van der Waals surface area contributed by atoms with Crippen LogP contribution < -0.4 is 16.4 Å². The number of carbonyl (C=O) groups excluding carboxylic acids is 2. The SMILES string of the molecule is CC(C)NC(=O)CNCc1cc(C(N)=O)ccc1F. The number of hydrogen-bond donors (Lipinski definition) is 3. The van der Waals surface area contributed by atoms with Crippen LogP contribution in [-0.2, 0) is 11.3 Å². The Morgan fingerprint density at radius 2 is 2.05 bits per heavy atom. The predicted molar refractivity (Wildman–Crippen MR) is 69.9 cm³/mol. The van der Waals surface area contributed by atoms with E-state index in [1.54, 1.807) is 0 Å². The van der Waals surface area contributed by atoms with E-state index < -0.39 is 11.7 Å². The highest BCUT2D eigenvalue weighted by atomic mass is 19.1. The lowest BCUT2D eigenvalue weighted by molar-refractivity contribution is -0.120. The zero-order valence-electron chi connectivity index (χ0n) is 11.0. The maximum Gasteiger partial charge on any atom is 0.248 e. The lowest BCUT2D eigenvalue weighted by Crippen LogP contribution is -2.37. The summed E-state index contributed by atoms with van der Waals surface area (Å²) in [4.78, 5) is 22.3. The molecule has 104 valence electrons. The second kappa shape index (κ2) is 6.84. The van der Waals surface area contributed by atoms with Crippen LogP contribution in [0.4, 0.5) is 4.39 Å². The van der Waals surface area contributed by atoms with Crippen LogP contribution in [0.15, 0.2) is 18.2 Å². The van der Waals surface area contributed by atoms with Gasteiger partial charge in [0.1, 0.15) is 5.82 Å². The third-order valence-corrected chi connectivity index (χ3v) is 2.38. The fourth-order valence-electron chi connectivity index (χ4n) is 1.55. The van der Waals surface area contributed by atoms with Crippen LogP contribution in [0.5, 0.6) is 0 Å². The minimum Gasteiger partial charge on any atom is -0.366 e. The monoisotopic (exact) mass is 267 g/mol. The minimum atomic E-state index is -0.612. The molecular formula is C13H18FN3O2. The molecule has 0 atom stereocenters. The summed E-state index contributed by atoms with van der Waals surface area (Å²) in [6.07, 6.45) is 0. The molecule has 0 heterocycles. The van der Waals surface area contributed by atoms with E-state index in [2.05, 4.69) is 10.6 Å². The lowest BCUT2D eigenvalue weighted by atomic mass is 10.1.